The largest absolute Gasteiger partial charge is 0.444 e. The predicted octanol–water partition coefficient (Wildman–Crippen LogP) is 5.62. The number of fused-ring (bicyclic) bond motifs is 1. The third-order valence-corrected chi connectivity index (χ3v) is 7.78. The van der Waals surface area contributed by atoms with Gasteiger partial charge in [-0.25, -0.2) is 10.3 Å². The van der Waals surface area contributed by atoms with Crippen molar-refractivity contribution in [3.63, 3.8) is 0 Å². The highest BCUT2D eigenvalue weighted by Gasteiger charge is 2.52. The van der Waals surface area contributed by atoms with Gasteiger partial charge in [-0.1, -0.05) is 77.4 Å². The molecule has 1 fully saturated rings. The van der Waals surface area contributed by atoms with Crippen LogP contribution in [0.15, 0.2) is 84.0 Å². The van der Waals surface area contributed by atoms with E-state index in [4.69, 9.17) is 21.2 Å². The standard InChI is InChI=1S/C32H33ClN4O6/c1-32(2,3)43-31(40)36-17-25(34-41)26(18-36)37-28(21-13-15-22(33)16-14-21)27(23-11-7-8-12-24(23)30(37)39)29(38)35-42-19-20-9-5-4-6-10-20/h4-16,25-28H,17-19H2,1-3H3,(H,35,38). The minimum absolute atomic E-state index is 0.00215. The summed E-state index contributed by atoms with van der Waals surface area (Å²) in [4.78, 5) is 61.9. The summed E-state index contributed by atoms with van der Waals surface area (Å²) in [5.74, 6) is -1.78. The molecule has 5 rings (SSSR count). The topological polar surface area (TPSA) is 118 Å². The first-order valence-electron chi connectivity index (χ1n) is 14.0. The van der Waals surface area contributed by atoms with Gasteiger partial charge < -0.3 is 14.5 Å². The number of hydrogen-bond acceptors (Lipinski definition) is 7. The molecule has 0 aromatic heterocycles. The lowest BCUT2D eigenvalue weighted by atomic mass is 9.78. The summed E-state index contributed by atoms with van der Waals surface area (Å²) in [6.45, 7) is 5.36. The summed E-state index contributed by atoms with van der Waals surface area (Å²) >= 11 is 6.21. The molecule has 1 N–H and O–H groups in total. The van der Waals surface area contributed by atoms with Crippen LogP contribution in [0.4, 0.5) is 4.79 Å². The Kier molecular flexibility index (Phi) is 8.79. The van der Waals surface area contributed by atoms with Gasteiger partial charge in [0.05, 0.1) is 31.2 Å². The number of ether oxygens (including phenoxy) is 1. The van der Waals surface area contributed by atoms with Gasteiger partial charge in [-0.05, 0) is 55.7 Å². The van der Waals surface area contributed by atoms with Crippen molar-refractivity contribution in [3.8, 4) is 0 Å². The highest BCUT2D eigenvalue weighted by Crippen LogP contribution is 2.45. The Morgan fingerprint density at radius 1 is 0.977 bits per heavy atom. The third kappa shape index (κ3) is 6.55. The van der Waals surface area contributed by atoms with Gasteiger partial charge >= 0.3 is 6.09 Å². The van der Waals surface area contributed by atoms with E-state index in [0.29, 0.717) is 21.7 Å². The maximum absolute atomic E-state index is 14.2. The Bertz CT molecular complexity index is 1490. The van der Waals surface area contributed by atoms with Crippen molar-refractivity contribution in [2.24, 2.45) is 5.18 Å². The molecule has 10 nitrogen and oxygen atoms in total. The predicted molar refractivity (Wildman–Crippen MR) is 160 cm³/mol. The SMILES string of the molecule is CC(C)(C)OC(=O)N1CC(N=O)C(N2C(=O)c3ccccc3C(C(=O)NOCc3ccccc3)C2c2ccc(Cl)cc2)C1. The number of nitrogens with zero attached hydrogens (tertiary/aromatic N) is 3. The van der Waals surface area contributed by atoms with Crippen molar-refractivity contribution < 1.29 is 24.0 Å². The van der Waals surface area contributed by atoms with Gasteiger partial charge in [-0.15, -0.1) is 0 Å². The van der Waals surface area contributed by atoms with E-state index in [1.165, 1.54) is 9.80 Å². The first kappa shape index (κ1) is 30.2. The fourth-order valence-corrected chi connectivity index (χ4v) is 5.79. The Balaban J connectivity index is 1.54. The van der Waals surface area contributed by atoms with Gasteiger partial charge in [0.1, 0.15) is 11.6 Å². The van der Waals surface area contributed by atoms with E-state index < -0.39 is 41.6 Å². The molecule has 3 aromatic rings. The number of halogens is 1. The van der Waals surface area contributed by atoms with Crippen LogP contribution in [-0.4, -0.2) is 58.5 Å². The molecule has 2 aliphatic rings. The molecule has 3 amide bonds. The summed E-state index contributed by atoms with van der Waals surface area (Å²) in [5, 5.41) is 3.80. The van der Waals surface area contributed by atoms with E-state index in [9.17, 15) is 19.3 Å². The van der Waals surface area contributed by atoms with Crippen LogP contribution in [-0.2, 0) is 21.0 Å². The molecule has 3 aromatic carbocycles. The zero-order chi connectivity index (χ0) is 30.7. The third-order valence-electron chi connectivity index (χ3n) is 7.53. The summed E-state index contributed by atoms with van der Waals surface area (Å²) in [5.41, 5.74) is 4.15. The normalized spacial score (nSPS) is 21.7. The van der Waals surface area contributed by atoms with Crippen LogP contribution in [0.1, 0.15) is 59.8 Å². The van der Waals surface area contributed by atoms with Gasteiger partial charge in [0.15, 0.2) is 0 Å². The molecule has 11 heteroatoms. The second-order valence-corrected chi connectivity index (χ2v) is 12.1. The summed E-state index contributed by atoms with van der Waals surface area (Å²) in [6.07, 6.45) is -0.611. The number of rotatable bonds is 7. The lowest BCUT2D eigenvalue weighted by Crippen LogP contribution is -2.54. The molecule has 0 radical (unpaired) electrons. The molecule has 2 aliphatic heterocycles. The summed E-state index contributed by atoms with van der Waals surface area (Å²) in [7, 11) is 0. The average Bonchev–Trinajstić information content (AvgIpc) is 3.41. The minimum atomic E-state index is -0.949. The highest BCUT2D eigenvalue weighted by molar-refractivity contribution is 6.30. The Labute approximate surface area is 254 Å². The summed E-state index contributed by atoms with van der Waals surface area (Å²) < 4.78 is 5.54. The molecule has 2 heterocycles. The van der Waals surface area contributed by atoms with E-state index in [1.807, 2.05) is 30.3 Å². The van der Waals surface area contributed by atoms with Gasteiger partial charge in [0, 0.05) is 17.1 Å². The fraction of sp³-hybridized carbons (Fsp3) is 0.344. The van der Waals surface area contributed by atoms with Crippen LogP contribution in [0.25, 0.3) is 0 Å². The van der Waals surface area contributed by atoms with Crippen molar-refractivity contribution in [1.29, 1.82) is 0 Å². The molecule has 224 valence electrons. The number of carbonyl (C=O) groups excluding carboxylic acids is 3. The van der Waals surface area contributed by atoms with E-state index >= 15 is 0 Å². The lowest BCUT2D eigenvalue weighted by Gasteiger charge is -2.45. The van der Waals surface area contributed by atoms with E-state index in [2.05, 4.69) is 10.7 Å². The highest BCUT2D eigenvalue weighted by atomic mass is 35.5. The number of hydrogen-bond donors (Lipinski definition) is 1. The van der Waals surface area contributed by atoms with Gasteiger partial charge in [-0.2, -0.15) is 4.91 Å². The quantitative estimate of drug-likeness (QED) is 0.276. The molecule has 4 atom stereocenters. The van der Waals surface area contributed by atoms with Crippen LogP contribution in [0.5, 0.6) is 0 Å². The fourth-order valence-electron chi connectivity index (χ4n) is 5.66. The molecule has 43 heavy (non-hydrogen) atoms. The molecule has 4 unspecified atom stereocenters. The van der Waals surface area contributed by atoms with Crippen molar-refractivity contribution >= 4 is 29.5 Å². The molecule has 0 aliphatic carbocycles. The maximum atomic E-state index is 14.2. The minimum Gasteiger partial charge on any atom is -0.444 e. The summed E-state index contributed by atoms with van der Waals surface area (Å²) in [6, 6.07) is 20.5. The van der Waals surface area contributed by atoms with Crippen LogP contribution in [0.2, 0.25) is 5.02 Å². The van der Waals surface area contributed by atoms with Crippen molar-refractivity contribution in [2.45, 2.75) is 57.0 Å². The number of nitroso groups, excluding NO2 is 1. The lowest BCUT2D eigenvalue weighted by molar-refractivity contribution is -0.138. The first-order chi connectivity index (χ1) is 20.6. The van der Waals surface area contributed by atoms with Crippen molar-refractivity contribution in [2.75, 3.05) is 13.1 Å². The van der Waals surface area contributed by atoms with Crippen molar-refractivity contribution in [1.82, 2.24) is 15.3 Å². The number of likely N-dealkylation sites (tertiary alicyclic amines) is 1. The Morgan fingerprint density at radius 2 is 1.65 bits per heavy atom. The molecular weight excluding hydrogens is 572 g/mol. The van der Waals surface area contributed by atoms with Crippen LogP contribution in [0, 0.1) is 4.91 Å². The second kappa shape index (κ2) is 12.5. The molecular formula is C32H33ClN4O6. The van der Waals surface area contributed by atoms with Gasteiger partial charge in [0.2, 0.25) is 0 Å². The van der Waals surface area contributed by atoms with E-state index in [0.717, 1.165) is 5.56 Å². The Morgan fingerprint density at radius 3 is 2.33 bits per heavy atom. The zero-order valence-corrected chi connectivity index (χ0v) is 24.9. The van der Waals surface area contributed by atoms with E-state index in [1.54, 1.807) is 69.3 Å². The molecule has 1 saturated heterocycles. The second-order valence-electron chi connectivity index (χ2n) is 11.6. The monoisotopic (exact) mass is 604 g/mol. The van der Waals surface area contributed by atoms with Gasteiger partial charge in [-0.3, -0.25) is 14.4 Å². The number of amides is 3. The first-order valence-corrected chi connectivity index (χ1v) is 14.4. The van der Waals surface area contributed by atoms with Crippen LogP contribution >= 0.6 is 11.6 Å². The van der Waals surface area contributed by atoms with E-state index in [-0.39, 0.29) is 25.6 Å². The maximum Gasteiger partial charge on any atom is 0.410 e. The molecule has 0 saturated carbocycles. The number of nitrogens with one attached hydrogen (secondary N) is 1. The smallest absolute Gasteiger partial charge is 0.410 e. The average molecular weight is 605 g/mol. The number of benzene rings is 3. The van der Waals surface area contributed by atoms with Crippen LogP contribution in [0.3, 0.4) is 0 Å². The molecule has 0 bridgehead atoms. The van der Waals surface area contributed by atoms with Crippen molar-refractivity contribution in [3.05, 3.63) is 111 Å². The zero-order valence-electron chi connectivity index (χ0n) is 24.1. The van der Waals surface area contributed by atoms with Crippen LogP contribution < -0.4 is 5.48 Å². The Hall–Kier alpha value is -4.28. The van der Waals surface area contributed by atoms with Gasteiger partial charge in [0.25, 0.3) is 11.8 Å². The molecule has 0 spiro atoms. The number of hydroxylamine groups is 1. The number of carbonyl (C=O) groups is 3.